The minimum absolute atomic E-state index is 0.0749. The Bertz CT molecular complexity index is 961. The van der Waals surface area contributed by atoms with Crippen molar-refractivity contribution in [2.75, 3.05) is 33.3 Å². The first kappa shape index (κ1) is 21.3. The number of benzene rings is 1. The lowest BCUT2D eigenvalue weighted by atomic mass is 9.94. The van der Waals surface area contributed by atoms with Gasteiger partial charge >= 0.3 is 0 Å². The molecule has 1 aromatic heterocycles. The van der Waals surface area contributed by atoms with Crippen LogP contribution in [0.5, 0.6) is 5.75 Å². The minimum atomic E-state index is -3.63. The van der Waals surface area contributed by atoms with Gasteiger partial charge in [-0.1, -0.05) is 0 Å². The summed E-state index contributed by atoms with van der Waals surface area (Å²) in [6.45, 7) is 2.10. The summed E-state index contributed by atoms with van der Waals surface area (Å²) in [4.78, 5) is 19.8. The summed E-state index contributed by atoms with van der Waals surface area (Å²) in [5.41, 5.74) is 0. The van der Waals surface area contributed by atoms with E-state index in [1.165, 1.54) is 4.31 Å². The first-order chi connectivity index (χ1) is 14.5. The Balaban J connectivity index is 1.44. The molecule has 2 unspecified atom stereocenters. The molecule has 4 rings (SSSR count). The van der Waals surface area contributed by atoms with Crippen LogP contribution in [0.3, 0.4) is 0 Å². The van der Waals surface area contributed by atoms with Crippen molar-refractivity contribution >= 4 is 27.3 Å². The maximum Gasteiger partial charge on any atom is 0.243 e. The van der Waals surface area contributed by atoms with Crippen molar-refractivity contribution in [2.45, 2.75) is 36.5 Å². The first-order valence-electron chi connectivity index (χ1n) is 10.3. The molecule has 162 valence electrons. The summed E-state index contributed by atoms with van der Waals surface area (Å²) in [7, 11) is -2.09. The third kappa shape index (κ3) is 4.38. The molecule has 1 amide bonds. The number of aromatic nitrogens is 1. The lowest BCUT2D eigenvalue weighted by Gasteiger charge is -2.37. The average Bonchev–Trinajstić information content (AvgIpc) is 3.34. The quantitative estimate of drug-likeness (QED) is 0.701. The summed E-state index contributed by atoms with van der Waals surface area (Å²) in [5.74, 6) is 0.679. The highest BCUT2D eigenvalue weighted by Crippen LogP contribution is 2.31. The van der Waals surface area contributed by atoms with E-state index >= 15 is 0 Å². The van der Waals surface area contributed by atoms with Crippen LogP contribution < -0.4 is 4.74 Å². The summed E-state index contributed by atoms with van der Waals surface area (Å²) in [5, 5.41) is 3.05. The topological polar surface area (TPSA) is 79.8 Å². The number of carbonyl (C=O) groups is 1. The maximum atomic E-state index is 13.2. The monoisotopic (exact) mass is 449 g/mol. The van der Waals surface area contributed by atoms with Crippen molar-refractivity contribution in [3.8, 4) is 5.75 Å². The molecule has 0 radical (unpaired) electrons. The van der Waals surface area contributed by atoms with E-state index < -0.39 is 10.0 Å². The molecule has 9 heteroatoms. The number of rotatable bonds is 5. The van der Waals surface area contributed by atoms with E-state index in [1.54, 1.807) is 42.7 Å². The average molecular weight is 450 g/mol. The van der Waals surface area contributed by atoms with Crippen LogP contribution in [0.4, 0.5) is 0 Å². The molecule has 30 heavy (non-hydrogen) atoms. The van der Waals surface area contributed by atoms with Crippen LogP contribution in [-0.2, 0) is 14.8 Å². The summed E-state index contributed by atoms with van der Waals surface area (Å²) in [6.07, 6.45) is 5.22. The Kier molecular flexibility index (Phi) is 6.40. The highest BCUT2D eigenvalue weighted by molar-refractivity contribution is 7.89. The number of amides is 1. The summed E-state index contributed by atoms with van der Waals surface area (Å²) >= 11 is 1.64. The fraction of sp³-hybridized carbons (Fsp3) is 0.524. The molecule has 0 bridgehead atoms. The number of methoxy groups -OCH3 is 1. The number of sulfonamides is 1. The van der Waals surface area contributed by atoms with Crippen LogP contribution in [0, 0.1) is 5.92 Å². The second kappa shape index (κ2) is 9.03. The molecule has 0 aliphatic carbocycles. The number of piperidine rings is 2. The number of hydrogen-bond acceptors (Lipinski definition) is 6. The molecule has 0 N–H and O–H groups in total. The Labute approximate surface area is 181 Å². The lowest BCUT2D eigenvalue weighted by Crippen LogP contribution is -2.48. The molecular weight excluding hydrogens is 422 g/mol. The molecule has 2 fully saturated rings. The van der Waals surface area contributed by atoms with Gasteiger partial charge in [-0.2, -0.15) is 4.31 Å². The predicted molar refractivity (Wildman–Crippen MR) is 115 cm³/mol. The van der Waals surface area contributed by atoms with Gasteiger partial charge in [0.1, 0.15) is 5.75 Å². The van der Waals surface area contributed by atoms with Crippen LogP contribution >= 0.6 is 11.3 Å². The molecule has 2 atom stereocenters. The van der Waals surface area contributed by atoms with Crippen molar-refractivity contribution in [3.05, 3.63) is 40.8 Å². The molecule has 7 nitrogen and oxygen atoms in total. The van der Waals surface area contributed by atoms with Crippen LogP contribution in [-0.4, -0.2) is 61.8 Å². The third-order valence-electron chi connectivity index (χ3n) is 5.96. The van der Waals surface area contributed by atoms with Crippen LogP contribution in [0.1, 0.15) is 36.6 Å². The normalized spacial score (nSPS) is 23.3. The second-order valence-electron chi connectivity index (χ2n) is 7.87. The van der Waals surface area contributed by atoms with E-state index in [0.29, 0.717) is 25.3 Å². The fourth-order valence-electron chi connectivity index (χ4n) is 4.33. The number of thiazole rings is 1. The SMILES string of the molecule is COc1ccc(S(=O)(=O)N2CCCC(C(=O)N3CCCC(c4nccs4)C3)C2)cc1. The Morgan fingerprint density at radius 1 is 1.13 bits per heavy atom. The van der Waals surface area contributed by atoms with Gasteiger partial charge < -0.3 is 9.64 Å². The van der Waals surface area contributed by atoms with Gasteiger partial charge in [-0.15, -0.1) is 11.3 Å². The Morgan fingerprint density at radius 3 is 2.60 bits per heavy atom. The van der Waals surface area contributed by atoms with Crippen LogP contribution in [0.2, 0.25) is 0 Å². The van der Waals surface area contributed by atoms with Gasteiger partial charge in [-0.25, -0.2) is 13.4 Å². The van der Waals surface area contributed by atoms with E-state index in [1.807, 2.05) is 16.5 Å². The highest BCUT2D eigenvalue weighted by Gasteiger charge is 2.36. The molecule has 2 saturated heterocycles. The van der Waals surface area contributed by atoms with Crippen molar-refractivity contribution in [3.63, 3.8) is 0 Å². The Morgan fingerprint density at radius 2 is 1.90 bits per heavy atom. The van der Waals surface area contributed by atoms with Gasteiger partial charge in [0, 0.05) is 43.7 Å². The molecule has 0 spiro atoms. The molecule has 0 saturated carbocycles. The largest absolute Gasteiger partial charge is 0.497 e. The smallest absolute Gasteiger partial charge is 0.243 e. The number of ether oxygens (including phenoxy) is 1. The minimum Gasteiger partial charge on any atom is -0.497 e. The highest BCUT2D eigenvalue weighted by atomic mass is 32.2. The number of nitrogens with zero attached hydrogens (tertiary/aromatic N) is 3. The summed E-state index contributed by atoms with van der Waals surface area (Å²) in [6, 6.07) is 6.41. The van der Waals surface area contributed by atoms with E-state index in [9.17, 15) is 13.2 Å². The molecule has 3 heterocycles. The van der Waals surface area contributed by atoms with E-state index in [0.717, 1.165) is 30.8 Å². The number of carbonyl (C=O) groups excluding carboxylic acids is 1. The van der Waals surface area contributed by atoms with Gasteiger partial charge in [0.05, 0.1) is 22.9 Å². The predicted octanol–water partition coefficient (Wildman–Crippen LogP) is 2.96. The number of hydrogen-bond donors (Lipinski definition) is 0. The van der Waals surface area contributed by atoms with Gasteiger partial charge in [-0.3, -0.25) is 4.79 Å². The van der Waals surface area contributed by atoms with E-state index in [2.05, 4.69) is 4.98 Å². The van der Waals surface area contributed by atoms with E-state index in [4.69, 9.17) is 4.74 Å². The molecular formula is C21H27N3O4S2. The zero-order valence-electron chi connectivity index (χ0n) is 17.1. The molecule has 2 aliphatic heterocycles. The zero-order chi connectivity index (χ0) is 21.1. The molecule has 1 aromatic carbocycles. The standard InChI is InChI=1S/C21H27N3O4S2/c1-28-18-6-8-19(9-7-18)30(26,27)24-12-3-5-17(15-24)21(25)23-11-2-4-16(14-23)20-22-10-13-29-20/h6-10,13,16-17H,2-5,11-12,14-15H2,1H3. The zero-order valence-corrected chi connectivity index (χ0v) is 18.7. The second-order valence-corrected chi connectivity index (χ2v) is 10.7. The van der Waals surface area contributed by atoms with Gasteiger partial charge in [0.15, 0.2) is 0 Å². The third-order valence-corrected chi connectivity index (χ3v) is 8.78. The molecule has 2 aromatic rings. The summed E-state index contributed by atoms with van der Waals surface area (Å²) < 4.78 is 32.8. The molecule has 2 aliphatic rings. The van der Waals surface area contributed by atoms with Gasteiger partial charge in [-0.05, 0) is 49.9 Å². The Hall–Kier alpha value is -1.97. The van der Waals surface area contributed by atoms with Gasteiger partial charge in [0.2, 0.25) is 15.9 Å². The number of likely N-dealkylation sites (tertiary alicyclic amines) is 1. The van der Waals surface area contributed by atoms with Crippen LogP contribution in [0.15, 0.2) is 40.7 Å². The van der Waals surface area contributed by atoms with Crippen molar-refractivity contribution in [2.24, 2.45) is 5.92 Å². The van der Waals surface area contributed by atoms with Crippen LogP contribution in [0.25, 0.3) is 0 Å². The van der Waals surface area contributed by atoms with Crippen molar-refractivity contribution in [1.82, 2.24) is 14.2 Å². The maximum absolute atomic E-state index is 13.2. The first-order valence-corrected chi connectivity index (χ1v) is 12.6. The lowest BCUT2D eigenvalue weighted by molar-refractivity contribution is -0.138. The van der Waals surface area contributed by atoms with E-state index in [-0.39, 0.29) is 29.2 Å². The van der Waals surface area contributed by atoms with Gasteiger partial charge in [0.25, 0.3) is 0 Å². The van der Waals surface area contributed by atoms with Crippen molar-refractivity contribution < 1.29 is 17.9 Å². The van der Waals surface area contributed by atoms with Crippen molar-refractivity contribution in [1.29, 1.82) is 0 Å². The fourth-order valence-corrected chi connectivity index (χ4v) is 6.62.